The van der Waals surface area contributed by atoms with Crippen LogP contribution in [0.4, 0.5) is 13.6 Å². The molecule has 132 valence electrons. The number of imidazole rings is 1. The largest absolute Gasteiger partial charge is 0.337 e. The molecule has 3 amide bonds. The summed E-state index contributed by atoms with van der Waals surface area (Å²) in [4.78, 5) is 31.9. The Hall–Kier alpha value is -2.71. The zero-order valence-corrected chi connectivity index (χ0v) is 13.6. The van der Waals surface area contributed by atoms with Gasteiger partial charge in [-0.1, -0.05) is 0 Å². The number of carbonyl (C=O) groups is 2. The highest BCUT2D eigenvalue weighted by atomic mass is 19.2. The fourth-order valence-electron chi connectivity index (χ4n) is 3.51. The Bertz CT molecular complexity index is 881. The van der Waals surface area contributed by atoms with Crippen molar-refractivity contribution in [1.29, 1.82) is 0 Å². The minimum absolute atomic E-state index is 0.00149. The van der Waals surface area contributed by atoms with Gasteiger partial charge in [-0.15, -0.1) is 0 Å². The van der Waals surface area contributed by atoms with Crippen molar-refractivity contribution in [3.05, 3.63) is 29.6 Å². The van der Waals surface area contributed by atoms with E-state index in [1.807, 2.05) is 0 Å². The van der Waals surface area contributed by atoms with Crippen LogP contribution in [0.15, 0.2) is 12.1 Å². The maximum atomic E-state index is 13.6. The van der Waals surface area contributed by atoms with Crippen LogP contribution < -0.4 is 5.32 Å². The maximum absolute atomic E-state index is 13.6. The topological polar surface area (TPSA) is 70.5 Å². The number of amides is 3. The van der Waals surface area contributed by atoms with Crippen molar-refractivity contribution < 1.29 is 18.4 Å². The Morgan fingerprint density at radius 1 is 1.32 bits per heavy atom. The van der Waals surface area contributed by atoms with Crippen molar-refractivity contribution in [3.8, 4) is 0 Å². The van der Waals surface area contributed by atoms with Gasteiger partial charge in [-0.2, -0.15) is 0 Å². The first-order chi connectivity index (χ1) is 11.9. The summed E-state index contributed by atoms with van der Waals surface area (Å²) in [5.41, 5.74) is 0.709. The molecule has 2 fully saturated rings. The van der Waals surface area contributed by atoms with Gasteiger partial charge in [-0.25, -0.2) is 18.6 Å². The predicted molar refractivity (Wildman–Crippen MR) is 84.9 cm³/mol. The Balaban J connectivity index is 1.55. The first-order valence-electron chi connectivity index (χ1n) is 8.08. The fraction of sp³-hybridized carbons (Fsp3) is 0.438. The van der Waals surface area contributed by atoms with Crippen LogP contribution in [0.25, 0.3) is 11.0 Å². The van der Waals surface area contributed by atoms with Crippen molar-refractivity contribution in [2.75, 3.05) is 26.2 Å². The van der Waals surface area contributed by atoms with Crippen LogP contribution in [0, 0.1) is 18.6 Å². The van der Waals surface area contributed by atoms with E-state index in [0.717, 1.165) is 12.1 Å². The third-order valence-electron chi connectivity index (χ3n) is 4.86. The number of aryl methyl sites for hydroxylation is 1. The van der Waals surface area contributed by atoms with E-state index in [0.29, 0.717) is 43.0 Å². The average Bonchev–Trinajstić information content (AvgIpc) is 3.09. The van der Waals surface area contributed by atoms with Crippen molar-refractivity contribution in [2.45, 2.75) is 19.5 Å². The van der Waals surface area contributed by atoms with E-state index in [1.165, 1.54) is 0 Å². The molecule has 0 spiro atoms. The molecule has 2 saturated heterocycles. The van der Waals surface area contributed by atoms with Crippen LogP contribution in [0.1, 0.15) is 5.82 Å². The number of hydrogen-bond acceptors (Lipinski definition) is 3. The lowest BCUT2D eigenvalue weighted by Gasteiger charge is -2.36. The molecule has 0 aliphatic carbocycles. The van der Waals surface area contributed by atoms with E-state index in [1.54, 1.807) is 21.3 Å². The molecule has 7 nitrogen and oxygen atoms in total. The van der Waals surface area contributed by atoms with Crippen LogP contribution in [0.2, 0.25) is 0 Å². The first-order valence-corrected chi connectivity index (χ1v) is 8.08. The monoisotopic (exact) mass is 349 g/mol. The van der Waals surface area contributed by atoms with Gasteiger partial charge in [-0.3, -0.25) is 4.79 Å². The van der Waals surface area contributed by atoms with Crippen LogP contribution in [-0.4, -0.2) is 63.5 Å². The minimum Gasteiger partial charge on any atom is -0.337 e. The molecule has 0 saturated carbocycles. The van der Waals surface area contributed by atoms with Gasteiger partial charge in [-0.05, 0) is 6.92 Å². The summed E-state index contributed by atoms with van der Waals surface area (Å²) < 4.78 is 28.5. The predicted octanol–water partition coefficient (Wildman–Crippen LogP) is 0.859. The summed E-state index contributed by atoms with van der Waals surface area (Å²) in [5, 5.41) is 2.77. The summed E-state index contributed by atoms with van der Waals surface area (Å²) >= 11 is 0. The van der Waals surface area contributed by atoms with Gasteiger partial charge >= 0.3 is 6.03 Å². The fourth-order valence-corrected chi connectivity index (χ4v) is 3.51. The standard InChI is InChI=1S/C16H17F2N5O2/c1-9-20-13-4-11(17)12(18)5-14(13)23(9)8-15(24)21-2-3-22-10(7-21)6-19-16(22)25/h4-5,10H,2-3,6-8H2,1H3,(H,19,25). The molecule has 2 aromatic rings. The molecule has 2 aliphatic heterocycles. The van der Waals surface area contributed by atoms with Crippen LogP contribution in [0.3, 0.4) is 0 Å². The SMILES string of the molecule is Cc1nc2cc(F)c(F)cc2n1CC(=O)N1CCN2C(=O)NCC2C1. The number of fused-ring (bicyclic) bond motifs is 2. The molecule has 0 radical (unpaired) electrons. The normalized spacial score (nSPS) is 20.1. The number of halogens is 2. The molecular weight excluding hydrogens is 332 g/mol. The Labute approximate surface area is 142 Å². The summed E-state index contributed by atoms with van der Waals surface area (Å²) in [6.45, 7) is 3.64. The van der Waals surface area contributed by atoms with Crippen LogP contribution >= 0.6 is 0 Å². The average molecular weight is 349 g/mol. The Kier molecular flexibility index (Phi) is 3.59. The molecule has 3 heterocycles. The number of nitrogens with one attached hydrogen (secondary N) is 1. The molecule has 1 unspecified atom stereocenters. The van der Waals surface area contributed by atoms with E-state index in [9.17, 15) is 18.4 Å². The highest BCUT2D eigenvalue weighted by Crippen LogP contribution is 2.21. The molecule has 1 aromatic carbocycles. The second-order valence-electron chi connectivity index (χ2n) is 6.37. The third kappa shape index (κ3) is 2.59. The van der Waals surface area contributed by atoms with Gasteiger partial charge in [0, 0.05) is 38.3 Å². The van der Waals surface area contributed by atoms with Crippen molar-refractivity contribution in [1.82, 2.24) is 24.7 Å². The van der Waals surface area contributed by atoms with Crippen LogP contribution in [0.5, 0.6) is 0 Å². The molecule has 9 heteroatoms. The molecule has 4 rings (SSSR count). The minimum atomic E-state index is -0.967. The highest BCUT2D eigenvalue weighted by molar-refractivity contribution is 5.82. The summed E-state index contributed by atoms with van der Waals surface area (Å²) in [5.74, 6) is -1.54. The molecule has 1 aromatic heterocycles. The van der Waals surface area contributed by atoms with Gasteiger partial charge in [0.05, 0.1) is 17.1 Å². The smallest absolute Gasteiger partial charge is 0.317 e. The maximum Gasteiger partial charge on any atom is 0.317 e. The van der Waals surface area contributed by atoms with Crippen molar-refractivity contribution in [2.24, 2.45) is 0 Å². The lowest BCUT2D eigenvalue weighted by Crippen LogP contribution is -2.54. The zero-order chi connectivity index (χ0) is 17.7. The number of piperazine rings is 1. The van der Waals surface area contributed by atoms with Gasteiger partial charge in [0.15, 0.2) is 11.6 Å². The number of carbonyl (C=O) groups excluding carboxylic acids is 2. The quantitative estimate of drug-likeness (QED) is 0.874. The van der Waals surface area contributed by atoms with Crippen molar-refractivity contribution in [3.63, 3.8) is 0 Å². The van der Waals surface area contributed by atoms with E-state index < -0.39 is 11.6 Å². The Morgan fingerprint density at radius 2 is 2.08 bits per heavy atom. The van der Waals surface area contributed by atoms with Gasteiger partial charge < -0.3 is 19.7 Å². The molecular formula is C16H17F2N5O2. The van der Waals surface area contributed by atoms with E-state index in [-0.39, 0.29) is 24.5 Å². The van der Waals surface area contributed by atoms with Crippen LogP contribution in [-0.2, 0) is 11.3 Å². The summed E-state index contributed by atoms with van der Waals surface area (Å²) in [6, 6.07) is 1.99. The highest BCUT2D eigenvalue weighted by Gasteiger charge is 2.36. The number of hydrogen-bond donors (Lipinski definition) is 1. The molecule has 1 N–H and O–H groups in total. The molecule has 0 bridgehead atoms. The lowest BCUT2D eigenvalue weighted by molar-refractivity contribution is -0.133. The Morgan fingerprint density at radius 3 is 2.88 bits per heavy atom. The summed E-state index contributed by atoms with van der Waals surface area (Å²) in [7, 11) is 0. The second-order valence-corrected chi connectivity index (χ2v) is 6.37. The first kappa shape index (κ1) is 15.8. The van der Waals surface area contributed by atoms with Crippen molar-refractivity contribution >= 4 is 23.0 Å². The lowest BCUT2D eigenvalue weighted by atomic mass is 10.2. The third-order valence-corrected chi connectivity index (χ3v) is 4.86. The van der Waals surface area contributed by atoms with Gasteiger partial charge in [0.1, 0.15) is 12.4 Å². The van der Waals surface area contributed by atoms with E-state index >= 15 is 0 Å². The van der Waals surface area contributed by atoms with E-state index in [2.05, 4.69) is 10.3 Å². The van der Waals surface area contributed by atoms with E-state index in [4.69, 9.17) is 0 Å². The second kappa shape index (κ2) is 5.68. The number of rotatable bonds is 2. The molecule has 1 atom stereocenters. The number of benzene rings is 1. The number of aromatic nitrogens is 2. The molecule has 25 heavy (non-hydrogen) atoms. The number of nitrogens with zero attached hydrogens (tertiary/aromatic N) is 4. The zero-order valence-electron chi connectivity index (χ0n) is 13.6. The summed E-state index contributed by atoms with van der Waals surface area (Å²) in [6.07, 6.45) is 0. The van der Waals surface area contributed by atoms with Gasteiger partial charge in [0.25, 0.3) is 0 Å². The van der Waals surface area contributed by atoms with Gasteiger partial charge in [0.2, 0.25) is 5.91 Å². The molecule has 2 aliphatic rings. The number of urea groups is 1.